The van der Waals surface area contributed by atoms with Crippen molar-refractivity contribution < 1.29 is 9.90 Å². The van der Waals surface area contributed by atoms with Crippen molar-refractivity contribution in [3.8, 4) is 5.69 Å². The topological polar surface area (TPSA) is 92.9 Å². The minimum absolute atomic E-state index is 0.0883. The molecule has 8 heteroatoms. The first-order valence-electron chi connectivity index (χ1n) is 5.86. The summed E-state index contributed by atoms with van der Waals surface area (Å²) < 4.78 is 1.44. The number of thiophene rings is 1. The zero-order valence-corrected chi connectivity index (χ0v) is 11.5. The lowest BCUT2D eigenvalue weighted by atomic mass is 10.1. The number of amides is 1. The third kappa shape index (κ3) is 2.96. The van der Waals surface area contributed by atoms with E-state index in [1.54, 1.807) is 11.4 Å². The molecular formula is C11H15N5O2S. The second kappa shape index (κ2) is 5.89. The number of nitrogens with one attached hydrogen (secondary N) is 1. The first kappa shape index (κ1) is 13.6. The zero-order valence-electron chi connectivity index (χ0n) is 10.6. The van der Waals surface area contributed by atoms with E-state index in [0.717, 1.165) is 0 Å². The molecule has 0 fully saturated rings. The van der Waals surface area contributed by atoms with Gasteiger partial charge >= 0.3 is 0 Å². The Bertz CT molecular complexity index is 537. The quantitative estimate of drug-likeness (QED) is 0.831. The molecular weight excluding hydrogens is 266 g/mol. The van der Waals surface area contributed by atoms with Gasteiger partial charge in [0.1, 0.15) is 11.2 Å². The second-order valence-electron chi connectivity index (χ2n) is 4.40. The fraction of sp³-hybridized carbons (Fsp3) is 0.455. The maximum Gasteiger partial charge on any atom is 0.263 e. The van der Waals surface area contributed by atoms with E-state index in [0.29, 0.717) is 10.6 Å². The summed E-state index contributed by atoms with van der Waals surface area (Å²) in [7, 11) is 0. The van der Waals surface area contributed by atoms with Gasteiger partial charge in [-0.1, -0.05) is 13.8 Å². The Labute approximate surface area is 114 Å². The predicted octanol–water partition coefficient (Wildman–Crippen LogP) is 0.471. The van der Waals surface area contributed by atoms with Gasteiger partial charge in [0.25, 0.3) is 5.91 Å². The average molecular weight is 281 g/mol. The van der Waals surface area contributed by atoms with E-state index < -0.39 is 0 Å². The third-order valence-electron chi connectivity index (χ3n) is 2.76. The molecule has 102 valence electrons. The molecule has 0 spiro atoms. The Kier molecular flexibility index (Phi) is 4.23. The summed E-state index contributed by atoms with van der Waals surface area (Å²) in [5.41, 5.74) is 0.632. The molecule has 0 bridgehead atoms. The van der Waals surface area contributed by atoms with Gasteiger partial charge in [-0.05, 0) is 27.8 Å². The van der Waals surface area contributed by atoms with Crippen LogP contribution in [0.15, 0.2) is 17.8 Å². The molecule has 0 aliphatic carbocycles. The van der Waals surface area contributed by atoms with E-state index in [4.69, 9.17) is 0 Å². The first-order chi connectivity index (χ1) is 9.13. The van der Waals surface area contributed by atoms with Crippen molar-refractivity contribution in [2.45, 2.75) is 19.9 Å². The molecule has 2 rings (SSSR count). The lowest BCUT2D eigenvalue weighted by Crippen LogP contribution is -2.41. The van der Waals surface area contributed by atoms with Crippen LogP contribution < -0.4 is 5.32 Å². The Morgan fingerprint density at radius 1 is 1.58 bits per heavy atom. The Morgan fingerprint density at radius 3 is 2.95 bits per heavy atom. The van der Waals surface area contributed by atoms with Crippen LogP contribution in [0.2, 0.25) is 0 Å². The number of aliphatic hydroxyl groups excluding tert-OH is 1. The van der Waals surface area contributed by atoms with Crippen LogP contribution in [0.5, 0.6) is 0 Å². The summed E-state index contributed by atoms with van der Waals surface area (Å²) in [5, 5.41) is 24.7. The number of nitrogens with zero attached hydrogens (tertiary/aromatic N) is 4. The summed E-state index contributed by atoms with van der Waals surface area (Å²) >= 11 is 1.31. The highest BCUT2D eigenvalue weighted by molar-refractivity contribution is 7.12. The summed E-state index contributed by atoms with van der Waals surface area (Å²) in [4.78, 5) is 12.7. The van der Waals surface area contributed by atoms with Crippen molar-refractivity contribution in [2.75, 3.05) is 6.61 Å². The summed E-state index contributed by atoms with van der Waals surface area (Å²) in [6.45, 7) is 3.80. The fourth-order valence-electron chi connectivity index (χ4n) is 1.58. The number of tetrazole rings is 1. The molecule has 7 nitrogen and oxygen atoms in total. The van der Waals surface area contributed by atoms with E-state index in [2.05, 4.69) is 20.8 Å². The first-order valence-corrected chi connectivity index (χ1v) is 6.74. The molecule has 0 saturated carbocycles. The van der Waals surface area contributed by atoms with E-state index in [-0.39, 0.29) is 24.5 Å². The van der Waals surface area contributed by atoms with Gasteiger partial charge < -0.3 is 10.4 Å². The number of aromatic nitrogens is 4. The van der Waals surface area contributed by atoms with Crippen LogP contribution in [-0.2, 0) is 0 Å². The Morgan fingerprint density at radius 2 is 2.37 bits per heavy atom. The van der Waals surface area contributed by atoms with E-state index >= 15 is 0 Å². The van der Waals surface area contributed by atoms with Crippen LogP contribution in [-0.4, -0.2) is 43.9 Å². The molecule has 1 unspecified atom stereocenters. The van der Waals surface area contributed by atoms with Crippen LogP contribution in [0.4, 0.5) is 0 Å². The molecule has 2 heterocycles. The fourth-order valence-corrected chi connectivity index (χ4v) is 2.36. The van der Waals surface area contributed by atoms with E-state index in [1.165, 1.54) is 22.3 Å². The van der Waals surface area contributed by atoms with Gasteiger partial charge in [-0.3, -0.25) is 4.79 Å². The number of carbonyl (C=O) groups excluding carboxylic acids is 1. The highest BCUT2D eigenvalue weighted by Gasteiger charge is 2.20. The van der Waals surface area contributed by atoms with Crippen molar-refractivity contribution in [2.24, 2.45) is 5.92 Å². The molecule has 19 heavy (non-hydrogen) atoms. The summed E-state index contributed by atoms with van der Waals surface area (Å²) in [6.07, 6.45) is 1.44. The zero-order chi connectivity index (χ0) is 13.8. The van der Waals surface area contributed by atoms with Crippen LogP contribution in [0.25, 0.3) is 5.69 Å². The molecule has 1 atom stereocenters. The molecule has 0 saturated heterocycles. The molecule has 0 aromatic carbocycles. The summed E-state index contributed by atoms with van der Waals surface area (Å²) in [6, 6.07) is 1.51. The molecule has 2 aromatic heterocycles. The van der Waals surface area contributed by atoms with E-state index in [9.17, 15) is 9.90 Å². The van der Waals surface area contributed by atoms with Crippen molar-refractivity contribution in [3.63, 3.8) is 0 Å². The van der Waals surface area contributed by atoms with Crippen LogP contribution in [0.1, 0.15) is 23.5 Å². The largest absolute Gasteiger partial charge is 0.394 e. The monoisotopic (exact) mass is 281 g/mol. The maximum absolute atomic E-state index is 12.2. The molecule has 0 aliphatic rings. The van der Waals surface area contributed by atoms with Gasteiger partial charge in [-0.2, -0.15) is 4.68 Å². The minimum atomic E-state index is -0.267. The third-order valence-corrected chi connectivity index (χ3v) is 3.67. The SMILES string of the molecule is CC(C)C(CO)NC(=O)c1sccc1-n1cnnn1. The van der Waals surface area contributed by atoms with Gasteiger partial charge in [0.2, 0.25) is 0 Å². The Balaban J connectivity index is 2.19. The minimum Gasteiger partial charge on any atom is -0.394 e. The van der Waals surface area contributed by atoms with Crippen LogP contribution in [0.3, 0.4) is 0 Å². The highest BCUT2D eigenvalue weighted by atomic mass is 32.1. The van der Waals surface area contributed by atoms with Gasteiger partial charge in [0.05, 0.1) is 18.3 Å². The van der Waals surface area contributed by atoms with Crippen molar-refractivity contribution in [1.29, 1.82) is 0 Å². The number of rotatable bonds is 5. The second-order valence-corrected chi connectivity index (χ2v) is 5.31. The van der Waals surface area contributed by atoms with Crippen molar-refractivity contribution >= 4 is 17.2 Å². The lowest BCUT2D eigenvalue weighted by molar-refractivity contribution is 0.0901. The number of carbonyl (C=O) groups is 1. The molecule has 2 N–H and O–H groups in total. The van der Waals surface area contributed by atoms with Crippen LogP contribution in [0, 0.1) is 5.92 Å². The average Bonchev–Trinajstić information content (AvgIpc) is 3.03. The van der Waals surface area contributed by atoms with Gasteiger partial charge in [-0.15, -0.1) is 16.4 Å². The lowest BCUT2D eigenvalue weighted by Gasteiger charge is -2.19. The summed E-state index contributed by atoms with van der Waals surface area (Å²) in [5.74, 6) is -0.0707. The molecule has 2 aromatic rings. The number of hydrogen-bond acceptors (Lipinski definition) is 6. The Hall–Kier alpha value is -1.80. The van der Waals surface area contributed by atoms with E-state index in [1.807, 2.05) is 13.8 Å². The van der Waals surface area contributed by atoms with Gasteiger partial charge in [-0.25, -0.2) is 0 Å². The molecule has 0 aliphatic heterocycles. The van der Waals surface area contributed by atoms with Gasteiger partial charge in [0, 0.05) is 0 Å². The molecule has 0 radical (unpaired) electrons. The number of aliphatic hydroxyl groups is 1. The standard InChI is InChI=1S/C11H15N5O2S/c1-7(2)8(5-17)13-11(18)10-9(3-4-19-10)16-6-12-14-15-16/h3-4,6-8,17H,5H2,1-2H3,(H,13,18). The molecule has 1 amide bonds. The maximum atomic E-state index is 12.2. The van der Waals surface area contributed by atoms with Crippen molar-refractivity contribution in [1.82, 2.24) is 25.5 Å². The highest BCUT2D eigenvalue weighted by Crippen LogP contribution is 2.20. The van der Waals surface area contributed by atoms with Gasteiger partial charge in [0.15, 0.2) is 0 Å². The normalized spacial score (nSPS) is 12.6. The smallest absolute Gasteiger partial charge is 0.263 e. The predicted molar refractivity (Wildman–Crippen MR) is 70.2 cm³/mol. The van der Waals surface area contributed by atoms with Crippen LogP contribution >= 0.6 is 11.3 Å². The van der Waals surface area contributed by atoms with Crippen molar-refractivity contribution in [3.05, 3.63) is 22.7 Å². The number of hydrogen-bond donors (Lipinski definition) is 2.